The number of benzene rings is 2. The summed E-state index contributed by atoms with van der Waals surface area (Å²) in [6, 6.07) is 16.9. The summed E-state index contributed by atoms with van der Waals surface area (Å²) in [4.78, 5) is 0. The molecule has 2 aromatic rings. The van der Waals surface area contributed by atoms with Gasteiger partial charge in [-0.2, -0.15) is 0 Å². The molecular formula is C24H36O6Si. The normalized spacial score (nSPS) is 11.8. The van der Waals surface area contributed by atoms with E-state index in [4.69, 9.17) is 27.5 Å². The molecule has 0 unspecified atom stereocenters. The van der Waals surface area contributed by atoms with Crippen LogP contribution < -0.4 is 4.74 Å². The molecule has 0 bridgehead atoms. The van der Waals surface area contributed by atoms with Gasteiger partial charge in [-0.25, -0.2) is 0 Å². The Kier molecular flexibility index (Phi) is 11.2. The predicted octanol–water partition coefficient (Wildman–Crippen LogP) is 5.46. The molecule has 7 heteroatoms. The highest BCUT2D eigenvalue weighted by molar-refractivity contribution is 6.60. The Morgan fingerprint density at radius 3 is 1.90 bits per heavy atom. The fraction of sp³-hybridized carbons (Fsp3) is 0.500. The molecule has 0 spiro atoms. The minimum absolute atomic E-state index is 0.405. The SMILES string of the molecule is CCO[Si](CCCOc1ccc(-c2ccccc2C(OC)OC)cc1)(OCC)OCC. The van der Waals surface area contributed by atoms with Crippen LogP contribution in [-0.4, -0.2) is 49.5 Å². The van der Waals surface area contributed by atoms with Crippen LogP contribution in [0.3, 0.4) is 0 Å². The topological polar surface area (TPSA) is 55.4 Å². The van der Waals surface area contributed by atoms with Gasteiger partial charge in [-0.15, -0.1) is 0 Å². The Balaban J connectivity index is 1.98. The van der Waals surface area contributed by atoms with Gasteiger partial charge in [0, 0.05) is 45.6 Å². The Bertz CT molecular complexity index is 731. The van der Waals surface area contributed by atoms with Crippen molar-refractivity contribution in [2.24, 2.45) is 0 Å². The molecule has 0 fully saturated rings. The molecule has 0 atom stereocenters. The molecule has 0 N–H and O–H groups in total. The van der Waals surface area contributed by atoms with Gasteiger partial charge >= 0.3 is 8.80 Å². The summed E-state index contributed by atoms with van der Waals surface area (Å²) in [7, 11) is 0.667. The van der Waals surface area contributed by atoms with Crippen molar-refractivity contribution in [2.45, 2.75) is 39.5 Å². The van der Waals surface area contributed by atoms with Crippen LogP contribution >= 0.6 is 0 Å². The number of hydrogen-bond donors (Lipinski definition) is 0. The van der Waals surface area contributed by atoms with E-state index in [0.717, 1.165) is 34.9 Å². The molecule has 0 saturated heterocycles. The minimum Gasteiger partial charge on any atom is -0.494 e. The molecule has 2 aromatic carbocycles. The lowest BCUT2D eigenvalue weighted by Gasteiger charge is -2.28. The summed E-state index contributed by atoms with van der Waals surface area (Å²) in [6.45, 7) is 8.24. The summed E-state index contributed by atoms with van der Waals surface area (Å²) >= 11 is 0. The lowest BCUT2D eigenvalue weighted by Crippen LogP contribution is -2.46. The van der Waals surface area contributed by atoms with Crippen LogP contribution in [0, 0.1) is 0 Å². The zero-order valence-electron chi connectivity index (χ0n) is 19.4. The Morgan fingerprint density at radius 1 is 0.774 bits per heavy atom. The predicted molar refractivity (Wildman–Crippen MR) is 124 cm³/mol. The first kappa shape index (κ1) is 25.5. The summed E-state index contributed by atoms with van der Waals surface area (Å²) in [6.07, 6.45) is 0.401. The van der Waals surface area contributed by atoms with E-state index in [1.165, 1.54) is 0 Å². The Morgan fingerprint density at radius 2 is 1.35 bits per heavy atom. The minimum atomic E-state index is -2.61. The van der Waals surface area contributed by atoms with Gasteiger partial charge in [0.25, 0.3) is 0 Å². The number of ether oxygens (including phenoxy) is 3. The van der Waals surface area contributed by atoms with Crippen molar-refractivity contribution >= 4 is 8.80 Å². The summed E-state index contributed by atoms with van der Waals surface area (Å²) < 4.78 is 34.5. The third kappa shape index (κ3) is 7.41. The molecule has 0 aliphatic heterocycles. The lowest BCUT2D eigenvalue weighted by molar-refractivity contribution is -0.105. The monoisotopic (exact) mass is 448 g/mol. The van der Waals surface area contributed by atoms with Gasteiger partial charge < -0.3 is 27.5 Å². The first-order valence-corrected chi connectivity index (χ1v) is 12.9. The average Bonchev–Trinajstić information content (AvgIpc) is 2.79. The molecule has 0 radical (unpaired) electrons. The van der Waals surface area contributed by atoms with E-state index in [0.29, 0.717) is 26.4 Å². The highest BCUT2D eigenvalue weighted by Crippen LogP contribution is 2.31. The van der Waals surface area contributed by atoms with E-state index >= 15 is 0 Å². The quantitative estimate of drug-likeness (QED) is 0.205. The van der Waals surface area contributed by atoms with Crippen LogP contribution in [0.1, 0.15) is 39.0 Å². The highest BCUT2D eigenvalue weighted by atomic mass is 28.4. The molecule has 0 aromatic heterocycles. The lowest BCUT2D eigenvalue weighted by atomic mass is 9.99. The van der Waals surface area contributed by atoms with Crippen molar-refractivity contribution in [2.75, 3.05) is 40.6 Å². The van der Waals surface area contributed by atoms with Gasteiger partial charge in [0.15, 0.2) is 6.29 Å². The number of hydrogen-bond acceptors (Lipinski definition) is 6. The van der Waals surface area contributed by atoms with Crippen molar-refractivity contribution in [3.8, 4) is 16.9 Å². The molecule has 0 aliphatic carbocycles. The maximum absolute atomic E-state index is 5.95. The maximum atomic E-state index is 5.95. The van der Waals surface area contributed by atoms with E-state index in [9.17, 15) is 0 Å². The van der Waals surface area contributed by atoms with Crippen molar-refractivity contribution in [3.05, 3.63) is 54.1 Å². The molecular weight excluding hydrogens is 412 g/mol. The van der Waals surface area contributed by atoms with Gasteiger partial charge in [-0.05, 0) is 50.5 Å². The molecule has 0 heterocycles. The maximum Gasteiger partial charge on any atom is 0.501 e. The fourth-order valence-electron chi connectivity index (χ4n) is 3.53. The molecule has 172 valence electrons. The first-order chi connectivity index (χ1) is 15.1. The second-order valence-electron chi connectivity index (χ2n) is 6.85. The van der Waals surface area contributed by atoms with Crippen LogP contribution in [-0.2, 0) is 22.8 Å². The molecule has 0 saturated carbocycles. The van der Waals surface area contributed by atoms with Crippen molar-refractivity contribution in [1.29, 1.82) is 0 Å². The smallest absolute Gasteiger partial charge is 0.494 e. The molecule has 0 aliphatic rings. The second kappa shape index (κ2) is 13.6. The summed E-state index contributed by atoms with van der Waals surface area (Å²) in [5, 5.41) is 0. The van der Waals surface area contributed by atoms with Crippen LogP contribution in [0.5, 0.6) is 5.75 Å². The number of methoxy groups -OCH3 is 2. The highest BCUT2D eigenvalue weighted by Gasteiger charge is 2.39. The van der Waals surface area contributed by atoms with Gasteiger partial charge in [0.2, 0.25) is 0 Å². The van der Waals surface area contributed by atoms with Crippen molar-refractivity contribution < 1.29 is 27.5 Å². The Hall–Kier alpha value is -1.74. The van der Waals surface area contributed by atoms with Gasteiger partial charge in [0.05, 0.1) is 6.61 Å². The van der Waals surface area contributed by atoms with Crippen LogP contribution in [0.15, 0.2) is 48.5 Å². The molecule has 31 heavy (non-hydrogen) atoms. The zero-order valence-corrected chi connectivity index (χ0v) is 20.4. The zero-order chi connectivity index (χ0) is 22.5. The van der Waals surface area contributed by atoms with Crippen molar-refractivity contribution in [3.63, 3.8) is 0 Å². The molecule has 2 rings (SSSR count). The van der Waals surface area contributed by atoms with Gasteiger partial charge in [0.1, 0.15) is 5.75 Å². The molecule has 0 amide bonds. The van der Waals surface area contributed by atoms with Gasteiger partial charge in [-0.1, -0.05) is 36.4 Å². The van der Waals surface area contributed by atoms with Crippen LogP contribution in [0.25, 0.3) is 11.1 Å². The van der Waals surface area contributed by atoms with E-state index in [2.05, 4.69) is 18.2 Å². The van der Waals surface area contributed by atoms with Crippen molar-refractivity contribution in [1.82, 2.24) is 0 Å². The second-order valence-corrected chi connectivity index (χ2v) is 9.58. The van der Waals surface area contributed by atoms with E-state index < -0.39 is 15.1 Å². The third-order valence-electron chi connectivity index (χ3n) is 4.80. The fourth-order valence-corrected chi connectivity index (χ4v) is 6.11. The van der Waals surface area contributed by atoms with Crippen LogP contribution in [0.2, 0.25) is 6.04 Å². The summed E-state index contributed by atoms with van der Waals surface area (Å²) in [5.74, 6) is 0.827. The van der Waals surface area contributed by atoms with E-state index in [1.54, 1.807) is 14.2 Å². The standard InChI is InChI=1S/C24H36O6Si/c1-6-28-31(29-7-2,30-8-3)19-11-18-27-21-16-14-20(15-17-21)22-12-9-10-13-23(22)24(25-4)26-5/h9-10,12-17,24H,6-8,11,18-19H2,1-5H3. The first-order valence-electron chi connectivity index (χ1n) is 10.9. The largest absolute Gasteiger partial charge is 0.501 e. The number of rotatable bonds is 15. The Labute approximate surface area is 187 Å². The average molecular weight is 449 g/mol. The summed E-state index contributed by atoms with van der Waals surface area (Å²) in [5.41, 5.74) is 3.14. The van der Waals surface area contributed by atoms with Crippen LogP contribution in [0.4, 0.5) is 0 Å². The third-order valence-corrected chi connectivity index (χ3v) is 7.95. The van der Waals surface area contributed by atoms with Gasteiger partial charge in [-0.3, -0.25) is 0 Å². The van der Waals surface area contributed by atoms with E-state index in [-0.39, 0.29) is 0 Å². The molecule has 6 nitrogen and oxygen atoms in total. The van der Waals surface area contributed by atoms with E-state index in [1.807, 2.05) is 51.1 Å².